The SMILES string of the molecule is COc1c(OCCn2ccnc2)ccc2c1CN1C(=N2)NC(=O)C1Cc1ccccc1. The summed E-state index contributed by atoms with van der Waals surface area (Å²) in [7, 11) is 1.63. The summed E-state index contributed by atoms with van der Waals surface area (Å²) in [6, 6.07) is 13.5. The topological polar surface area (TPSA) is 81.0 Å². The number of amides is 1. The summed E-state index contributed by atoms with van der Waals surface area (Å²) in [6.45, 7) is 1.69. The van der Waals surface area contributed by atoms with Crippen LogP contribution in [-0.4, -0.2) is 46.1 Å². The van der Waals surface area contributed by atoms with E-state index in [9.17, 15) is 4.79 Å². The van der Waals surface area contributed by atoms with Crippen LogP contribution in [0.1, 0.15) is 11.1 Å². The van der Waals surface area contributed by atoms with Gasteiger partial charge >= 0.3 is 0 Å². The zero-order valence-electron chi connectivity index (χ0n) is 17.2. The minimum absolute atomic E-state index is 0.0359. The van der Waals surface area contributed by atoms with Gasteiger partial charge in [0, 0.05) is 24.4 Å². The molecule has 1 atom stereocenters. The van der Waals surface area contributed by atoms with Crippen LogP contribution in [0.3, 0.4) is 0 Å². The summed E-state index contributed by atoms with van der Waals surface area (Å²) in [5, 5.41) is 2.93. The quantitative estimate of drug-likeness (QED) is 0.639. The number of benzene rings is 2. The number of ether oxygens (including phenoxy) is 2. The second kappa shape index (κ2) is 8.14. The van der Waals surface area contributed by atoms with Crippen LogP contribution in [0, 0.1) is 0 Å². The molecule has 0 radical (unpaired) electrons. The van der Waals surface area contributed by atoms with Gasteiger partial charge in [0.25, 0.3) is 0 Å². The lowest BCUT2D eigenvalue weighted by Gasteiger charge is -2.29. The summed E-state index contributed by atoms with van der Waals surface area (Å²) in [5.41, 5.74) is 2.81. The summed E-state index contributed by atoms with van der Waals surface area (Å²) >= 11 is 0. The van der Waals surface area contributed by atoms with Gasteiger partial charge in [0.2, 0.25) is 11.9 Å². The van der Waals surface area contributed by atoms with E-state index in [1.165, 1.54) is 0 Å². The zero-order chi connectivity index (χ0) is 21.2. The fourth-order valence-corrected chi connectivity index (χ4v) is 4.03. The van der Waals surface area contributed by atoms with Crippen molar-refractivity contribution in [3.8, 4) is 11.5 Å². The maximum atomic E-state index is 12.7. The maximum Gasteiger partial charge on any atom is 0.249 e. The van der Waals surface area contributed by atoms with E-state index < -0.39 is 0 Å². The second-order valence-electron chi connectivity index (χ2n) is 7.50. The molecular formula is C23H23N5O3. The van der Waals surface area contributed by atoms with E-state index in [4.69, 9.17) is 9.47 Å². The largest absolute Gasteiger partial charge is 0.492 e. The Morgan fingerprint density at radius 1 is 1.19 bits per heavy atom. The third kappa shape index (κ3) is 3.72. The Kier molecular flexibility index (Phi) is 5.03. The van der Waals surface area contributed by atoms with Crippen LogP contribution in [0.2, 0.25) is 0 Å². The highest BCUT2D eigenvalue weighted by atomic mass is 16.5. The number of imidazole rings is 1. The Labute approximate surface area is 180 Å². The van der Waals surface area contributed by atoms with Gasteiger partial charge in [-0.1, -0.05) is 30.3 Å². The van der Waals surface area contributed by atoms with Crippen molar-refractivity contribution >= 4 is 17.6 Å². The molecule has 1 unspecified atom stereocenters. The van der Waals surface area contributed by atoms with Crippen LogP contribution in [0.25, 0.3) is 0 Å². The van der Waals surface area contributed by atoms with Gasteiger partial charge < -0.3 is 18.9 Å². The Hall–Kier alpha value is -3.81. The standard InChI is InChI=1S/C23H23N5O3/c1-30-21-17-14-28-19(13-16-5-3-2-4-6-16)22(29)26-23(28)25-18(17)7-8-20(21)31-12-11-27-10-9-24-15-27/h2-10,15,19H,11-14H2,1H3,(H,25,26,29). The first-order chi connectivity index (χ1) is 15.2. The Morgan fingerprint density at radius 3 is 2.84 bits per heavy atom. The molecule has 2 aromatic carbocycles. The van der Waals surface area contributed by atoms with Gasteiger partial charge in [-0.05, 0) is 17.7 Å². The number of nitrogens with one attached hydrogen (secondary N) is 1. The van der Waals surface area contributed by atoms with E-state index in [1.807, 2.05) is 58.1 Å². The molecule has 0 aliphatic carbocycles. The molecule has 1 aromatic heterocycles. The first-order valence-electron chi connectivity index (χ1n) is 10.2. The van der Waals surface area contributed by atoms with Crippen molar-refractivity contribution in [2.75, 3.05) is 13.7 Å². The summed E-state index contributed by atoms with van der Waals surface area (Å²) in [6.07, 6.45) is 6.01. The number of rotatable bonds is 7. The van der Waals surface area contributed by atoms with Crippen LogP contribution in [0.15, 0.2) is 66.2 Å². The predicted molar refractivity (Wildman–Crippen MR) is 115 cm³/mol. The van der Waals surface area contributed by atoms with Crippen molar-refractivity contribution in [1.82, 2.24) is 19.8 Å². The molecule has 5 rings (SSSR count). The number of hydrogen-bond donors (Lipinski definition) is 1. The van der Waals surface area contributed by atoms with Crippen molar-refractivity contribution < 1.29 is 14.3 Å². The highest BCUT2D eigenvalue weighted by Crippen LogP contribution is 2.41. The van der Waals surface area contributed by atoms with Gasteiger partial charge in [-0.2, -0.15) is 0 Å². The monoisotopic (exact) mass is 417 g/mol. The fourth-order valence-electron chi connectivity index (χ4n) is 4.03. The maximum absolute atomic E-state index is 12.7. The number of aromatic nitrogens is 2. The van der Waals surface area contributed by atoms with E-state index in [-0.39, 0.29) is 11.9 Å². The van der Waals surface area contributed by atoms with Crippen molar-refractivity contribution in [3.05, 3.63) is 72.3 Å². The van der Waals surface area contributed by atoms with Gasteiger partial charge in [-0.3, -0.25) is 10.1 Å². The summed E-state index contributed by atoms with van der Waals surface area (Å²) in [5.74, 6) is 1.88. The molecule has 1 saturated heterocycles. The Morgan fingerprint density at radius 2 is 2.06 bits per heavy atom. The number of fused-ring (bicyclic) bond motifs is 2. The van der Waals surface area contributed by atoms with Crippen molar-refractivity contribution in [2.45, 2.75) is 25.6 Å². The Bertz CT molecular complexity index is 1110. The smallest absolute Gasteiger partial charge is 0.249 e. The molecule has 0 spiro atoms. The minimum Gasteiger partial charge on any atom is -0.492 e. The average molecular weight is 417 g/mol. The molecule has 2 aliphatic heterocycles. The zero-order valence-corrected chi connectivity index (χ0v) is 17.2. The molecule has 0 saturated carbocycles. The molecule has 31 heavy (non-hydrogen) atoms. The first-order valence-corrected chi connectivity index (χ1v) is 10.2. The number of guanidine groups is 1. The number of nitrogens with zero attached hydrogens (tertiary/aromatic N) is 4. The van der Waals surface area contributed by atoms with E-state index in [0.29, 0.717) is 43.6 Å². The average Bonchev–Trinajstić information content (AvgIpc) is 3.41. The van der Waals surface area contributed by atoms with Crippen LogP contribution in [-0.2, 0) is 24.3 Å². The van der Waals surface area contributed by atoms with Crippen LogP contribution in [0.4, 0.5) is 5.69 Å². The van der Waals surface area contributed by atoms with Gasteiger partial charge in [-0.15, -0.1) is 0 Å². The van der Waals surface area contributed by atoms with Gasteiger partial charge in [0.1, 0.15) is 12.6 Å². The van der Waals surface area contributed by atoms with Crippen molar-refractivity contribution in [3.63, 3.8) is 0 Å². The molecule has 1 fully saturated rings. The van der Waals surface area contributed by atoms with E-state index in [1.54, 1.807) is 19.6 Å². The fraction of sp³-hybridized carbons (Fsp3) is 0.261. The number of carbonyl (C=O) groups is 1. The molecular weight excluding hydrogens is 394 g/mol. The third-order valence-corrected chi connectivity index (χ3v) is 5.58. The molecule has 1 amide bonds. The number of methoxy groups -OCH3 is 1. The van der Waals surface area contributed by atoms with Crippen molar-refractivity contribution in [1.29, 1.82) is 0 Å². The normalized spacial score (nSPS) is 16.9. The lowest BCUT2D eigenvalue weighted by molar-refractivity contribution is -0.121. The molecule has 8 heteroatoms. The predicted octanol–water partition coefficient (Wildman–Crippen LogP) is 2.51. The summed E-state index contributed by atoms with van der Waals surface area (Å²) < 4.78 is 13.7. The van der Waals surface area contributed by atoms with Gasteiger partial charge in [-0.25, -0.2) is 9.98 Å². The highest BCUT2D eigenvalue weighted by molar-refractivity contribution is 6.08. The second-order valence-corrected chi connectivity index (χ2v) is 7.50. The molecule has 0 bridgehead atoms. The minimum atomic E-state index is -0.315. The third-order valence-electron chi connectivity index (χ3n) is 5.58. The number of aliphatic imine (C=N–C) groups is 1. The molecule has 1 N–H and O–H groups in total. The molecule has 3 aromatic rings. The highest BCUT2D eigenvalue weighted by Gasteiger charge is 2.40. The molecule has 8 nitrogen and oxygen atoms in total. The molecule has 2 aliphatic rings. The number of hydrogen-bond acceptors (Lipinski definition) is 6. The first kappa shape index (κ1) is 19.2. The lowest BCUT2D eigenvalue weighted by atomic mass is 10.0. The number of carbonyl (C=O) groups excluding carboxylic acids is 1. The van der Waals surface area contributed by atoms with Crippen LogP contribution >= 0.6 is 0 Å². The summed E-state index contributed by atoms with van der Waals surface area (Å²) in [4.78, 5) is 23.4. The van der Waals surface area contributed by atoms with Crippen LogP contribution < -0.4 is 14.8 Å². The Balaban J connectivity index is 1.38. The van der Waals surface area contributed by atoms with E-state index in [0.717, 1.165) is 16.8 Å². The lowest BCUT2D eigenvalue weighted by Crippen LogP contribution is -2.38. The van der Waals surface area contributed by atoms with Gasteiger partial charge in [0.15, 0.2) is 11.5 Å². The van der Waals surface area contributed by atoms with E-state index >= 15 is 0 Å². The molecule has 3 heterocycles. The van der Waals surface area contributed by atoms with Crippen molar-refractivity contribution in [2.24, 2.45) is 4.99 Å². The van der Waals surface area contributed by atoms with Gasteiger partial charge in [0.05, 0.1) is 32.2 Å². The van der Waals surface area contributed by atoms with Crippen LogP contribution in [0.5, 0.6) is 11.5 Å². The molecule has 158 valence electrons. The van der Waals surface area contributed by atoms with E-state index in [2.05, 4.69) is 15.3 Å².